The minimum absolute atomic E-state index is 0.350. The van der Waals surface area contributed by atoms with Crippen molar-refractivity contribution in [2.24, 2.45) is 0 Å². The highest BCUT2D eigenvalue weighted by Crippen LogP contribution is 2.17. The van der Waals surface area contributed by atoms with Gasteiger partial charge in [0.1, 0.15) is 5.75 Å². The van der Waals surface area contributed by atoms with Gasteiger partial charge in [0, 0.05) is 16.4 Å². The van der Waals surface area contributed by atoms with Crippen molar-refractivity contribution >= 4 is 17.6 Å². The number of carbonyl (C=O) groups is 1. The average molecular weight is 334 g/mol. The molecule has 0 fully saturated rings. The highest BCUT2D eigenvalue weighted by molar-refractivity contribution is 6.30. The molecule has 0 saturated heterocycles. The molecule has 1 unspecified atom stereocenters. The first kappa shape index (κ1) is 17.3. The van der Waals surface area contributed by atoms with Crippen molar-refractivity contribution < 1.29 is 14.3 Å². The van der Waals surface area contributed by atoms with Crippen LogP contribution in [0.1, 0.15) is 24.7 Å². The number of benzene rings is 1. The van der Waals surface area contributed by atoms with Gasteiger partial charge in [-0.3, -0.25) is 4.98 Å². The number of esters is 1. The molecule has 1 atom stereocenters. The first-order valence-electron chi connectivity index (χ1n) is 7.56. The van der Waals surface area contributed by atoms with Crippen molar-refractivity contribution in [1.29, 1.82) is 0 Å². The van der Waals surface area contributed by atoms with Gasteiger partial charge in [0.25, 0.3) is 0 Å². The fourth-order valence-electron chi connectivity index (χ4n) is 2.05. The summed E-state index contributed by atoms with van der Waals surface area (Å²) in [6, 6.07) is 12.8. The van der Waals surface area contributed by atoms with E-state index >= 15 is 0 Å². The van der Waals surface area contributed by atoms with Crippen LogP contribution in [0.3, 0.4) is 0 Å². The molecule has 2 rings (SSSR count). The Bertz CT molecular complexity index is 643. The van der Waals surface area contributed by atoms with Crippen LogP contribution in [-0.2, 0) is 16.0 Å². The van der Waals surface area contributed by atoms with Crippen molar-refractivity contribution in [1.82, 2.24) is 4.98 Å². The zero-order valence-corrected chi connectivity index (χ0v) is 14.0. The molecule has 1 heterocycles. The van der Waals surface area contributed by atoms with Gasteiger partial charge in [0.05, 0.1) is 6.61 Å². The summed E-state index contributed by atoms with van der Waals surface area (Å²) in [5, 5.41) is 0.623. The summed E-state index contributed by atoms with van der Waals surface area (Å²) in [7, 11) is 0. The van der Waals surface area contributed by atoms with E-state index in [0.717, 1.165) is 24.2 Å². The van der Waals surface area contributed by atoms with Crippen LogP contribution in [0.2, 0.25) is 5.02 Å². The van der Waals surface area contributed by atoms with Gasteiger partial charge < -0.3 is 9.47 Å². The Kier molecular flexibility index (Phi) is 6.41. The lowest BCUT2D eigenvalue weighted by molar-refractivity contribution is -0.151. The minimum Gasteiger partial charge on any atom is -0.479 e. The summed E-state index contributed by atoms with van der Waals surface area (Å²) in [4.78, 5) is 16.3. The number of carbonyl (C=O) groups excluding carboxylic acids is 1. The predicted octanol–water partition coefficient (Wildman–Crippen LogP) is 3.99. The van der Waals surface area contributed by atoms with Crippen molar-refractivity contribution in [3.8, 4) is 5.75 Å². The summed E-state index contributed by atoms with van der Waals surface area (Å²) in [5.74, 6) is 0.208. The Morgan fingerprint density at radius 1 is 1.22 bits per heavy atom. The Hall–Kier alpha value is -2.07. The average Bonchev–Trinajstić information content (AvgIpc) is 2.53. The van der Waals surface area contributed by atoms with Gasteiger partial charge in [0.2, 0.25) is 0 Å². The third-order valence-corrected chi connectivity index (χ3v) is 3.48. The second kappa shape index (κ2) is 8.53. The lowest BCUT2D eigenvalue weighted by Crippen LogP contribution is -2.26. The molecule has 0 aliphatic rings. The van der Waals surface area contributed by atoms with Crippen molar-refractivity contribution in [3.63, 3.8) is 0 Å². The third-order valence-electron chi connectivity index (χ3n) is 3.23. The SMILES string of the molecule is Cc1cccc(CCCOC(=O)C(C)Oc2ccc(Cl)cc2)n1. The van der Waals surface area contributed by atoms with E-state index in [1.54, 1.807) is 31.2 Å². The van der Waals surface area contributed by atoms with Crippen molar-refractivity contribution in [2.45, 2.75) is 32.8 Å². The molecule has 0 radical (unpaired) electrons. The molecule has 5 heteroatoms. The Balaban J connectivity index is 1.70. The normalized spacial score (nSPS) is 11.8. The smallest absolute Gasteiger partial charge is 0.347 e. The zero-order valence-electron chi connectivity index (χ0n) is 13.3. The van der Waals surface area contributed by atoms with E-state index in [1.165, 1.54) is 0 Å². The maximum absolute atomic E-state index is 11.9. The van der Waals surface area contributed by atoms with Crippen molar-refractivity contribution in [3.05, 3.63) is 58.9 Å². The lowest BCUT2D eigenvalue weighted by Gasteiger charge is -2.14. The van der Waals surface area contributed by atoms with Gasteiger partial charge >= 0.3 is 5.97 Å². The maximum atomic E-state index is 11.9. The molecule has 0 aliphatic heterocycles. The topological polar surface area (TPSA) is 48.4 Å². The van der Waals surface area contributed by atoms with E-state index in [2.05, 4.69) is 4.98 Å². The molecule has 0 spiro atoms. The fraction of sp³-hybridized carbons (Fsp3) is 0.333. The van der Waals surface area contributed by atoms with Gasteiger partial charge in [-0.05, 0) is 63.1 Å². The molecular formula is C18H20ClNO3. The monoisotopic (exact) mass is 333 g/mol. The zero-order chi connectivity index (χ0) is 16.7. The second-order valence-corrected chi connectivity index (χ2v) is 5.69. The number of hydrogen-bond acceptors (Lipinski definition) is 4. The van der Waals surface area contributed by atoms with Gasteiger partial charge in [-0.1, -0.05) is 17.7 Å². The summed E-state index contributed by atoms with van der Waals surface area (Å²) in [5.41, 5.74) is 2.00. The predicted molar refractivity (Wildman–Crippen MR) is 89.8 cm³/mol. The third kappa shape index (κ3) is 5.91. The minimum atomic E-state index is -0.659. The molecule has 1 aromatic heterocycles. The van der Waals surface area contributed by atoms with Crippen LogP contribution in [-0.4, -0.2) is 23.7 Å². The Morgan fingerprint density at radius 3 is 2.65 bits per heavy atom. The van der Waals surface area contributed by atoms with Gasteiger partial charge in [-0.15, -0.1) is 0 Å². The quantitative estimate of drug-likeness (QED) is 0.568. The van der Waals surface area contributed by atoms with Crippen LogP contribution in [0.5, 0.6) is 5.75 Å². The molecule has 0 bridgehead atoms. The largest absolute Gasteiger partial charge is 0.479 e. The van der Waals surface area contributed by atoms with Crippen molar-refractivity contribution in [2.75, 3.05) is 6.61 Å². The summed E-state index contributed by atoms with van der Waals surface area (Å²) in [6.45, 7) is 3.97. The number of aromatic nitrogens is 1. The van der Waals surface area contributed by atoms with E-state index in [9.17, 15) is 4.79 Å². The van der Waals surface area contributed by atoms with Crippen LogP contribution in [0.25, 0.3) is 0 Å². The van der Waals surface area contributed by atoms with Gasteiger partial charge in [-0.25, -0.2) is 4.79 Å². The first-order chi connectivity index (χ1) is 11.0. The molecule has 0 aliphatic carbocycles. The Labute approximate surface area is 141 Å². The molecule has 0 amide bonds. The van der Waals surface area contributed by atoms with Crippen LogP contribution in [0, 0.1) is 6.92 Å². The summed E-state index contributed by atoms with van der Waals surface area (Å²) >= 11 is 5.80. The van der Waals surface area contributed by atoms with Crippen LogP contribution < -0.4 is 4.74 Å². The van der Waals surface area contributed by atoms with E-state index in [4.69, 9.17) is 21.1 Å². The number of hydrogen-bond donors (Lipinski definition) is 0. The van der Waals surface area contributed by atoms with E-state index in [1.807, 2.05) is 25.1 Å². The number of nitrogens with zero attached hydrogens (tertiary/aromatic N) is 1. The molecule has 2 aromatic rings. The highest BCUT2D eigenvalue weighted by Gasteiger charge is 2.16. The molecular weight excluding hydrogens is 314 g/mol. The molecule has 23 heavy (non-hydrogen) atoms. The van der Waals surface area contributed by atoms with Crippen LogP contribution >= 0.6 is 11.6 Å². The van der Waals surface area contributed by atoms with E-state index in [-0.39, 0.29) is 5.97 Å². The summed E-state index contributed by atoms with van der Waals surface area (Å²) in [6.07, 6.45) is 0.852. The first-order valence-corrected chi connectivity index (χ1v) is 7.94. The molecule has 1 aromatic carbocycles. The maximum Gasteiger partial charge on any atom is 0.347 e. The van der Waals surface area contributed by atoms with E-state index in [0.29, 0.717) is 17.4 Å². The number of ether oxygens (including phenoxy) is 2. The van der Waals surface area contributed by atoms with Crippen LogP contribution in [0.15, 0.2) is 42.5 Å². The molecule has 0 saturated carbocycles. The molecule has 4 nitrogen and oxygen atoms in total. The van der Waals surface area contributed by atoms with Gasteiger partial charge in [-0.2, -0.15) is 0 Å². The standard InChI is InChI=1S/C18H20ClNO3/c1-13-5-3-6-16(20-13)7-4-12-22-18(21)14(2)23-17-10-8-15(19)9-11-17/h3,5-6,8-11,14H,4,7,12H2,1-2H3. The van der Waals surface area contributed by atoms with Crippen LogP contribution in [0.4, 0.5) is 0 Å². The molecule has 122 valence electrons. The highest BCUT2D eigenvalue weighted by atomic mass is 35.5. The number of halogens is 1. The fourth-order valence-corrected chi connectivity index (χ4v) is 2.17. The summed E-state index contributed by atoms with van der Waals surface area (Å²) < 4.78 is 10.8. The number of aryl methyl sites for hydroxylation is 2. The Morgan fingerprint density at radius 2 is 1.96 bits per heavy atom. The number of rotatable bonds is 7. The van der Waals surface area contributed by atoms with Gasteiger partial charge in [0.15, 0.2) is 6.10 Å². The second-order valence-electron chi connectivity index (χ2n) is 5.26. The molecule has 0 N–H and O–H groups in total. The number of pyridine rings is 1. The van der Waals surface area contributed by atoms with E-state index < -0.39 is 6.10 Å². The lowest BCUT2D eigenvalue weighted by atomic mass is 10.2.